The van der Waals surface area contributed by atoms with Gasteiger partial charge in [0.1, 0.15) is 5.82 Å². The Morgan fingerprint density at radius 1 is 1.19 bits per heavy atom. The van der Waals surface area contributed by atoms with Crippen molar-refractivity contribution in [3.8, 4) is 0 Å². The van der Waals surface area contributed by atoms with Gasteiger partial charge in [0.2, 0.25) is 11.5 Å². The molecule has 3 amide bonds. The zero-order valence-corrected chi connectivity index (χ0v) is 16.9. The van der Waals surface area contributed by atoms with E-state index in [-0.39, 0.29) is 29.4 Å². The normalized spacial score (nSPS) is 18.7. The second-order valence-electron chi connectivity index (χ2n) is 7.16. The van der Waals surface area contributed by atoms with Gasteiger partial charge >= 0.3 is 6.18 Å². The van der Waals surface area contributed by atoms with Crippen LogP contribution in [-0.2, 0) is 22.3 Å². The van der Waals surface area contributed by atoms with Crippen molar-refractivity contribution in [2.45, 2.75) is 24.7 Å². The number of benzene rings is 2. The average molecular weight is 474 g/mol. The maximum absolute atomic E-state index is 13.4. The highest BCUT2D eigenvalue weighted by Gasteiger charge is 2.52. The number of anilines is 1. The van der Waals surface area contributed by atoms with Crippen LogP contribution in [0.15, 0.2) is 36.4 Å². The molecule has 0 radical (unpaired) electrons. The minimum Gasteiger partial charge on any atom is -0.372 e. The fraction of sp³-hybridized carbons (Fsp3) is 0.250. The molecule has 32 heavy (non-hydrogen) atoms. The van der Waals surface area contributed by atoms with E-state index < -0.39 is 52.9 Å². The van der Waals surface area contributed by atoms with E-state index in [9.17, 15) is 37.1 Å². The maximum atomic E-state index is 13.4. The van der Waals surface area contributed by atoms with E-state index in [0.717, 1.165) is 23.1 Å². The van der Waals surface area contributed by atoms with Gasteiger partial charge in [-0.25, -0.2) is 4.39 Å². The van der Waals surface area contributed by atoms with E-state index >= 15 is 0 Å². The molecule has 1 aliphatic heterocycles. The second kappa shape index (κ2) is 8.40. The maximum Gasteiger partial charge on any atom is 0.416 e. The number of nitrogens with zero attached hydrogens (tertiary/aromatic N) is 1. The summed E-state index contributed by atoms with van der Waals surface area (Å²) < 4.78 is 53.0. The number of hydrogen-bond acceptors (Lipinski definition) is 4. The Morgan fingerprint density at radius 3 is 2.47 bits per heavy atom. The first-order chi connectivity index (χ1) is 14.8. The number of carbonyl (C=O) groups excluding carboxylic acids is 3. The van der Waals surface area contributed by atoms with Crippen LogP contribution in [0, 0.1) is 5.82 Å². The highest BCUT2D eigenvalue weighted by atomic mass is 35.5. The van der Waals surface area contributed by atoms with Crippen LogP contribution in [0.5, 0.6) is 0 Å². The lowest BCUT2D eigenvalue weighted by Crippen LogP contribution is -2.52. The summed E-state index contributed by atoms with van der Waals surface area (Å²) in [4.78, 5) is 37.5. The largest absolute Gasteiger partial charge is 0.416 e. The number of amides is 3. The van der Waals surface area contributed by atoms with Crippen LogP contribution < -0.4 is 16.0 Å². The third-order valence-corrected chi connectivity index (χ3v) is 5.11. The van der Waals surface area contributed by atoms with Crippen molar-refractivity contribution in [3.05, 3.63) is 63.9 Å². The fourth-order valence-electron chi connectivity index (χ4n) is 3.28. The molecule has 1 unspecified atom stereocenters. The summed E-state index contributed by atoms with van der Waals surface area (Å²) >= 11 is 5.73. The quantitative estimate of drug-likeness (QED) is 0.457. The second-order valence-corrected chi connectivity index (χ2v) is 7.59. The van der Waals surface area contributed by atoms with E-state index in [1.165, 1.54) is 6.07 Å². The molecule has 7 nitrogen and oxygen atoms in total. The van der Waals surface area contributed by atoms with Crippen molar-refractivity contribution >= 4 is 35.0 Å². The number of halogens is 5. The van der Waals surface area contributed by atoms with Gasteiger partial charge in [0.25, 0.3) is 11.8 Å². The van der Waals surface area contributed by atoms with Gasteiger partial charge in [0.15, 0.2) is 0 Å². The predicted octanol–water partition coefficient (Wildman–Crippen LogP) is 2.38. The Balaban J connectivity index is 1.83. The van der Waals surface area contributed by atoms with E-state index in [1.54, 1.807) is 0 Å². The monoisotopic (exact) mass is 473 g/mol. The molecule has 0 bridgehead atoms. The summed E-state index contributed by atoms with van der Waals surface area (Å²) in [5.74, 6) is -4.10. The summed E-state index contributed by atoms with van der Waals surface area (Å²) in [5, 5.41) is 13.0. The summed E-state index contributed by atoms with van der Waals surface area (Å²) in [6, 6.07) is 5.62. The lowest BCUT2D eigenvalue weighted by molar-refractivity contribution is -0.149. The minimum absolute atomic E-state index is 0.0749. The molecule has 0 spiro atoms. The Kier molecular flexibility index (Phi) is 6.16. The third kappa shape index (κ3) is 4.68. The summed E-state index contributed by atoms with van der Waals surface area (Å²) in [5.41, 5.74) is 0.712. The molecule has 1 atom stereocenters. The first-order valence-electron chi connectivity index (χ1n) is 9.11. The van der Waals surface area contributed by atoms with Gasteiger partial charge in [-0.15, -0.1) is 0 Å². The molecular weight excluding hydrogens is 458 g/mol. The van der Waals surface area contributed by atoms with Gasteiger partial charge in [-0.2, -0.15) is 13.2 Å². The number of primary amides is 1. The molecule has 1 fully saturated rings. The molecule has 1 heterocycles. The summed E-state index contributed by atoms with van der Waals surface area (Å²) in [6.07, 6.45) is -5.26. The van der Waals surface area contributed by atoms with Crippen LogP contribution in [0.4, 0.5) is 23.2 Å². The molecule has 3 rings (SSSR count). The predicted molar refractivity (Wildman–Crippen MR) is 105 cm³/mol. The van der Waals surface area contributed by atoms with Crippen molar-refractivity contribution in [2.24, 2.45) is 5.73 Å². The Hall–Kier alpha value is -3.18. The third-order valence-electron chi connectivity index (χ3n) is 4.89. The lowest BCUT2D eigenvalue weighted by atomic mass is 10.0. The van der Waals surface area contributed by atoms with Gasteiger partial charge in [0, 0.05) is 35.8 Å². The number of alkyl halides is 3. The molecule has 170 valence electrons. The topological polar surface area (TPSA) is 113 Å². The Labute approximate surface area is 183 Å². The first-order valence-corrected chi connectivity index (χ1v) is 9.49. The van der Waals surface area contributed by atoms with Crippen molar-refractivity contribution in [2.75, 3.05) is 11.4 Å². The summed E-state index contributed by atoms with van der Waals surface area (Å²) in [6.45, 7) is -0.560. The van der Waals surface area contributed by atoms with Crippen LogP contribution in [0.1, 0.15) is 27.9 Å². The zero-order valence-electron chi connectivity index (χ0n) is 16.2. The van der Waals surface area contributed by atoms with Gasteiger partial charge in [0.05, 0.1) is 5.56 Å². The van der Waals surface area contributed by atoms with Crippen LogP contribution in [-0.4, -0.2) is 35.0 Å². The molecule has 1 aliphatic rings. The standard InChI is InChI=1S/C20H16ClF4N3O4/c21-13-3-10(4-14(22)8-13)9-27-17(30)19(32)1-2-28(18(19)31)15-6-11(16(26)29)5-12(7-15)20(23,24)25/h3-8,32H,1-2,9H2,(H2,26,29)(H,27,30). The molecule has 0 aromatic heterocycles. The molecule has 2 aromatic rings. The molecule has 0 saturated carbocycles. The Morgan fingerprint density at radius 2 is 1.88 bits per heavy atom. The highest BCUT2D eigenvalue weighted by molar-refractivity contribution is 6.30. The number of hydrogen-bond donors (Lipinski definition) is 3. The number of aliphatic hydroxyl groups is 1. The number of nitrogens with one attached hydrogen (secondary N) is 1. The van der Waals surface area contributed by atoms with Crippen molar-refractivity contribution < 1.29 is 37.1 Å². The minimum atomic E-state index is -4.83. The van der Waals surface area contributed by atoms with E-state index in [4.69, 9.17) is 17.3 Å². The lowest BCUT2D eigenvalue weighted by Gasteiger charge is -2.23. The van der Waals surface area contributed by atoms with Gasteiger partial charge < -0.3 is 21.1 Å². The van der Waals surface area contributed by atoms with Crippen LogP contribution in [0.3, 0.4) is 0 Å². The van der Waals surface area contributed by atoms with Gasteiger partial charge in [-0.05, 0) is 42.0 Å². The van der Waals surface area contributed by atoms with Crippen LogP contribution in [0.2, 0.25) is 5.02 Å². The Bertz CT molecular complexity index is 1090. The smallest absolute Gasteiger partial charge is 0.372 e. The van der Waals surface area contributed by atoms with Crippen molar-refractivity contribution in [3.63, 3.8) is 0 Å². The average Bonchev–Trinajstić information content (AvgIpc) is 3.00. The molecular formula is C20H16ClF4N3O4. The van der Waals surface area contributed by atoms with Gasteiger partial charge in [-0.1, -0.05) is 11.6 Å². The van der Waals surface area contributed by atoms with Crippen molar-refractivity contribution in [1.29, 1.82) is 0 Å². The molecule has 12 heteroatoms. The van der Waals surface area contributed by atoms with E-state index in [2.05, 4.69) is 5.32 Å². The zero-order chi connectivity index (χ0) is 23.8. The molecule has 1 saturated heterocycles. The molecule has 2 aromatic carbocycles. The highest BCUT2D eigenvalue weighted by Crippen LogP contribution is 2.35. The number of carbonyl (C=O) groups is 3. The van der Waals surface area contributed by atoms with Gasteiger partial charge in [-0.3, -0.25) is 14.4 Å². The van der Waals surface area contributed by atoms with E-state index in [1.807, 2.05) is 0 Å². The van der Waals surface area contributed by atoms with Crippen LogP contribution >= 0.6 is 11.6 Å². The molecule has 0 aliphatic carbocycles. The van der Waals surface area contributed by atoms with E-state index in [0.29, 0.717) is 12.1 Å². The van der Waals surface area contributed by atoms with Crippen LogP contribution in [0.25, 0.3) is 0 Å². The number of rotatable bonds is 5. The fourth-order valence-corrected chi connectivity index (χ4v) is 3.52. The summed E-state index contributed by atoms with van der Waals surface area (Å²) in [7, 11) is 0. The number of nitrogens with two attached hydrogens (primary N) is 1. The SMILES string of the molecule is NC(=O)c1cc(N2CCC(O)(C(=O)NCc3cc(F)cc(Cl)c3)C2=O)cc(C(F)(F)F)c1. The van der Waals surface area contributed by atoms with Crippen molar-refractivity contribution in [1.82, 2.24) is 5.32 Å². The molecule has 4 N–H and O–H groups in total. The first kappa shape index (κ1) is 23.5.